The van der Waals surface area contributed by atoms with E-state index in [1.165, 1.54) is 4.68 Å². The fourth-order valence-electron chi connectivity index (χ4n) is 1.39. The van der Waals surface area contributed by atoms with Crippen LogP contribution in [0.15, 0.2) is 18.6 Å². The molecule has 2 N–H and O–H groups in total. The summed E-state index contributed by atoms with van der Waals surface area (Å²) in [5.41, 5.74) is 3.20. The predicted molar refractivity (Wildman–Crippen MR) is 67.7 cm³/mol. The number of aromatic nitrogens is 5. The van der Waals surface area contributed by atoms with E-state index >= 15 is 0 Å². The molecule has 2 rings (SSSR count). The summed E-state index contributed by atoms with van der Waals surface area (Å²) >= 11 is 5.06. The van der Waals surface area contributed by atoms with Gasteiger partial charge in [-0.1, -0.05) is 6.92 Å². The molecule has 0 unspecified atom stereocenters. The fraction of sp³-hybridized carbons (Fsp3) is 0.300. The second-order valence-corrected chi connectivity index (χ2v) is 3.95. The average Bonchev–Trinajstić information content (AvgIpc) is 2.73. The number of rotatable bonds is 4. The van der Waals surface area contributed by atoms with Gasteiger partial charge in [-0.05, 0) is 18.6 Å². The zero-order valence-electron chi connectivity index (χ0n) is 9.75. The summed E-state index contributed by atoms with van der Waals surface area (Å²) in [7, 11) is 0. The van der Waals surface area contributed by atoms with Crippen molar-refractivity contribution in [3.05, 3.63) is 23.4 Å². The van der Waals surface area contributed by atoms with E-state index in [0.29, 0.717) is 22.7 Å². The number of H-pyrrole nitrogens is 1. The zero-order chi connectivity index (χ0) is 13.0. The van der Waals surface area contributed by atoms with Crippen LogP contribution < -0.4 is 5.43 Å². The summed E-state index contributed by atoms with van der Waals surface area (Å²) in [6, 6.07) is 0. The van der Waals surface area contributed by atoms with Gasteiger partial charge in [0.05, 0.1) is 6.20 Å². The first-order valence-electron chi connectivity index (χ1n) is 5.46. The van der Waals surface area contributed by atoms with Gasteiger partial charge in [0.15, 0.2) is 0 Å². The van der Waals surface area contributed by atoms with Crippen molar-refractivity contribution in [2.45, 2.75) is 19.8 Å². The van der Waals surface area contributed by atoms with Crippen molar-refractivity contribution in [1.29, 1.82) is 0 Å². The van der Waals surface area contributed by atoms with Crippen LogP contribution in [0.5, 0.6) is 0 Å². The normalized spacial score (nSPS) is 10.3. The number of carbonyl (C=O) groups is 1. The van der Waals surface area contributed by atoms with E-state index in [-0.39, 0.29) is 5.91 Å². The van der Waals surface area contributed by atoms with Crippen molar-refractivity contribution >= 4 is 18.1 Å². The molecule has 0 fully saturated rings. The third-order valence-electron chi connectivity index (χ3n) is 2.18. The molecule has 1 amide bonds. The van der Waals surface area contributed by atoms with E-state index in [1.807, 2.05) is 6.92 Å². The average molecular weight is 264 g/mol. The minimum Gasteiger partial charge on any atom is -0.273 e. The molecule has 94 valence electrons. The Morgan fingerprint density at radius 3 is 3.06 bits per heavy atom. The molecule has 2 heterocycles. The number of carbonyl (C=O) groups excluding carboxylic acids is 1. The van der Waals surface area contributed by atoms with Crippen molar-refractivity contribution in [1.82, 2.24) is 24.8 Å². The number of amides is 1. The van der Waals surface area contributed by atoms with Crippen molar-refractivity contribution in [2.24, 2.45) is 0 Å². The molecule has 0 radical (unpaired) electrons. The molecule has 0 aromatic carbocycles. The second kappa shape index (κ2) is 5.50. The van der Waals surface area contributed by atoms with Gasteiger partial charge >= 0.3 is 0 Å². The van der Waals surface area contributed by atoms with Gasteiger partial charge in [-0.2, -0.15) is 5.10 Å². The Balaban J connectivity index is 2.34. The quantitative estimate of drug-likeness (QED) is 0.812. The molecule has 0 spiro atoms. The van der Waals surface area contributed by atoms with Crippen molar-refractivity contribution in [2.75, 3.05) is 5.43 Å². The number of nitrogens with zero attached hydrogens (tertiary/aromatic N) is 4. The number of hydrogen-bond donors (Lipinski definition) is 2. The first kappa shape index (κ1) is 12.4. The van der Waals surface area contributed by atoms with Gasteiger partial charge < -0.3 is 0 Å². The molecular formula is C10H12N6OS. The molecule has 7 nitrogen and oxygen atoms in total. The van der Waals surface area contributed by atoms with Crippen LogP contribution >= 0.6 is 12.2 Å². The van der Waals surface area contributed by atoms with Gasteiger partial charge in [-0.25, -0.2) is 14.8 Å². The van der Waals surface area contributed by atoms with E-state index in [9.17, 15) is 4.79 Å². The molecule has 0 atom stereocenters. The Bertz CT molecular complexity index is 590. The molecule has 0 saturated heterocycles. The highest BCUT2D eigenvalue weighted by Gasteiger charge is 2.12. The maximum absolute atomic E-state index is 11.6. The Hall–Kier alpha value is -2.09. The maximum atomic E-state index is 11.6. The summed E-state index contributed by atoms with van der Waals surface area (Å²) < 4.78 is 1.71. The zero-order valence-corrected chi connectivity index (χ0v) is 10.6. The number of aromatic amines is 1. The summed E-state index contributed by atoms with van der Waals surface area (Å²) in [4.78, 5) is 19.7. The van der Waals surface area contributed by atoms with Crippen LogP contribution in [0, 0.1) is 4.77 Å². The lowest BCUT2D eigenvalue weighted by Crippen LogP contribution is -2.23. The molecule has 0 aliphatic heterocycles. The predicted octanol–water partition coefficient (Wildman–Crippen LogP) is 1.27. The standard InChI is InChI=1S/C10H12N6OS/c1-2-3-8(17)15-16-9(13-14-10(16)18)7-6-11-4-5-12-7/h4-6H,2-3H2,1H3,(H,14,18)(H,15,17). The largest absolute Gasteiger partial charge is 0.273 e. The lowest BCUT2D eigenvalue weighted by atomic mass is 10.3. The summed E-state index contributed by atoms with van der Waals surface area (Å²) in [6.45, 7) is 1.93. The Kier molecular flexibility index (Phi) is 3.78. The molecule has 0 bridgehead atoms. The SMILES string of the molecule is CCCC(=O)Nn1c(-c2cnccn2)n[nH]c1=S. The molecular weight excluding hydrogens is 252 g/mol. The fourth-order valence-corrected chi connectivity index (χ4v) is 1.57. The molecule has 2 aromatic heterocycles. The lowest BCUT2D eigenvalue weighted by Gasteiger charge is -2.07. The topological polar surface area (TPSA) is 88.5 Å². The highest BCUT2D eigenvalue weighted by Crippen LogP contribution is 2.11. The summed E-state index contributed by atoms with van der Waals surface area (Å²) in [5.74, 6) is 0.303. The third-order valence-corrected chi connectivity index (χ3v) is 2.45. The molecule has 2 aromatic rings. The first-order chi connectivity index (χ1) is 8.72. The minimum atomic E-state index is -0.125. The van der Waals surface area contributed by atoms with Gasteiger partial charge in [0.1, 0.15) is 5.69 Å². The molecule has 0 aliphatic carbocycles. The first-order valence-corrected chi connectivity index (χ1v) is 5.87. The van der Waals surface area contributed by atoms with Crippen molar-refractivity contribution in [3.63, 3.8) is 0 Å². The Morgan fingerprint density at radius 1 is 1.56 bits per heavy atom. The van der Waals surface area contributed by atoms with E-state index in [1.54, 1.807) is 18.6 Å². The number of hydrogen-bond acceptors (Lipinski definition) is 5. The molecule has 8 heteroatoms. The van der Waals surface area contributed by atoms with Crippen molar-refractivity contribution < 1.29 is 4.79 Å². The van der Waals surface area contributed by atoms with Crippen molar-refractivity contribution in [3.8, 4) is 11.5 Å². The monoisotopic (exact) mass is 264 g/mol. The van der Waals surface area contributed by atoms with Gasteiger partial charge in [0.2, 0.25) is 16.5 Å². The van der Waals surface area contributed by atoms with Crippen LogP contribution in [0.1, 0.15) is 19.8 Å². The summed E-state index contributed by atoms with van der Waals surface area (Å²) in [6.07, 6.45) is 5.84. The van der Waals surface area contributed by atoms with E-state index in [4.69, 9.17) is 12.2 Å². The van der Waals surface area contributed by atoms with Crippen LogP contribution in [0.2, 0.25) is 0 Å². The van der Waals surface area contributed by atoms with Crippen LogP contribution in [0.4, 0.5) is 0 Å². The molecule has 0 saturated carbocycles. The van der Waals surface area contributed by atoms with Crippen LogP contribution in [-0.2, 0) is 4.79 Å². The third kappa shape index (κ3) is 2.59. The molecule has 18 heavy (non-hydrogen) atoms. The van der Waals surface area contributed by atoms with E-state index in [0.717, 1.165) is 6.42 Å². The lowest BCUT2D eigenvalue weighted by molar-refractivity contribution is -0.117. The van der Waals surface area contributed by atoms with Gasteiger partial charge in [0.25, 0.3) is 0 Å². The maximum Gasteiger partial charge on any atom is 0.238 e. The second-order valence-electron chi connectivity index (χ2n) is 3.56. The Morgan fingerprint density at radius 2 is 2.39 bits per heavy atom. The van der Waals surface area contributed by atoms with Gasteiger partial charge in [0, 0.05) is 18.8 Å². The van der Waals surface area contributed by atoms with Crippen LogP contribution in [0.3, 0.4) is 0 Å². The van der Waals surface area contributed by atoms with E-state index < -0.39 is 0 Å². The molecule has 0 aliphatic rings. The number of nitrogens with one attached hydrogen (secondary N) is 2. The highest BCUT2D eigenvalue weighted by molar-refractivity contribution is 7.71. The summed E-state index contributed by atoms with van der Waals surface area (Å²) in [5, 5.41) is 6.64. The smallest absolute Gasteiger partial charge is 0.238 e. The minimum absolute atomic E-state index is 0.125. The van der Waals surface area contributed by atoms with Gasteiger partial charge in [-0.3, -0.25) is 15.2 Å². The van der Waals surface area contributed by atoms with Crippen LogP contribution in [0.25, 0.3) is 11.5 Å². The Labute approximate surface area is 108 Å². The van der Waals surface area contributed by atoms with Gasteiger partial charge in [-0.15, -0.1) is 0 Å². The highest BCUT2D eigenvalue weighted by atomic mass is 32.1. The van der Waals surface area contributed by atoms with E-state index in [2.05, 4.69) is 25.6 Å². The van der Waals surface area contributed by atoms with Crippen LogP contribution in [-0.4, -0.2) is 30.7 Å².